The summed E-state index contributed by atoms with van der Waals surface area (Å²) in [6.07, 6.45) is 46.0. The summed E-state index contributed by atoms with van der Waals surface area (Å²) in [5.74, 6) is 13.4. The highest BCUT2D eigenvalue weighted by atomic mass is 16.1. The van der Waals surface area contributed by atoms with E-state index in [2.05, 4.69) is 164 Å². The maximum absolute atomic E-state index is 12.4. The van der Waals surface area contributed by atoms with E-state index < -0.39 is 0 Å². The Balaban J connectivity index is 0.000000110. The molecule has 1 heterocycles. The van der Waals surface area contributed by atoms with Gasteiger partial charge >= 0.3 is 0 Å². The molecule has 16 aliphatic rings. The molecule has 14 fully saturated rings. The molecule has 2 bridgehead atoms. The van der Waals surface area contributed by atoms with E-state index >= 15 is 0 Å². The number of nitrogens with zero attached hydrogens (tertiary/aromatic N) is 1. The Morgan fingerprint density at radius 1 is 0.500 bits per heavy atom. The summed E-state index contributed by atoms with van der Waals surface area (Å²) in [5, 5.41) is 0. The molecule has 0 aromatic heterocycles. The molecule has 0 amide bonds. The standard InChI is InChI=1S/C30H52.C18H22O.C17H23N.C17H28O2.C15H24O/c1-20(2)21-12-16-27(5)18-19-29(7)22(25(21)27)10-11-24-28(6)15-9-14-26(3,4)23(28)13-17-30(24,29)8;1-18-11-10-14-13-5-3-2-4-12(13)6-7-15(14)16(18)8-9-17(18)19;1-18-11-10-17-9-5-4-8-15(17)16(18)12-13-6-2-3-7-14(13)17;1-12(18)6-7-13-14(19)8-9-15-16(2,3)10-5-11-17(13,15)4;1-14(2)9-11-12(14)6-7-15(3)8-10(15)4-5-13(11)16/h20-25H,9-19H2,1-8H3;2-5,14-16H,6-11H2,1H3;2-3,6-7,15-16H,4-5,8-12H2,1H3;13,15H,5-11H2,1-4H3;10-12H,4-9H2,1-3H3/t21-,22?,23-,24+,25+,27+,28-,29+,30+;14-,15-,16+,18+;15-,16+,17-;13-,15?,17+;10-,11?,12+,15-/m01000/s1. The zero-order valence-corrected chi connectivity index (χ0v) is 68.6. The maximum atomic E-state index is 12.4. The number of Topliss-reactive ketones (excluding diaryl/α,β-unsaturated/α-hetero) is 4. The molecule has 1 saturated heterocycles. The number of aryl methyl sites for hydroxylation is 1. The summed E-state index contributed by atoms with van der Waals surface area (Å²) in [6.45, 7) is 40.8. The van der Waals surface area contributed by atoms with Gasteiger partial charge in [0.1, 0.15) is 23.1 Å². The average molecular weight is 1390 g/mol. The van der Waals surface area contributed by atoms with Crippen molar-refractivity contribution in [2.75, 3.05) is 13.6 Å². The Hall–Kier alpha value is -2.92. The van der Waals surface area contributed by atoms with E-state index in [9.17, 15) is 19.2 Å². The largest absolute Gasteiger partial charge is 0.303 e. The van der Waals surface area contributed by atoms with Crippen LogP contribution in [-0.4, -0.2) is 47.7 Å². The number of hydrogen-bond acceptors (Lipinski definition) is 5. The minimum absolute atomic E-state index is 0.0213. The van der Waals surface area contributed by atoms with Gasteiger partial charge in [-0.3, -0.25) is 14.4 Å². The highest BCUT2D eigenvalue weighted by Gasteiger charge is 2.70. The van der Waals surface area contributed by atoms with E-state index in [4.69, 9.17) is 0 Å². The van der Waals surface area contributed by atoms with Crippen molar-refractivity contribution in [3.63, 3.8) is 0 Å². The fourth-order valence-electron chi connectivity index (χ4n) is 31.7. The van der Waals surface area contributed by atoms with Gasteiger partial charge in [-0.1, -0.05) is 178 Å². The van der Waals surface area contributed by atoms with Crippen LogP contribution in [0, 0.1) is 137 Å². The molecule has 23 atom stereocenters. The molecule has 18 rings (SSSR count). The zero-order valence-electron chi connectivity index (χ0n) is 68.6. The molecule has 5 heteroatoms. The molecule has 2 aromatic carbocycles. The lowest BCUT2D eigenvalue weighted by Gasteiger charge is -2.72. The number of likely N-dealkylation sites (N-methyl/N-ethyl adjacent to an activating group) is 1. The van der Waals surface area contributed by atoms with Crippen molar-refractivity contribution in [1.29, 1.82) is 0 Å². The van der Waals surface area contributed by atoms with Crippen LogP contribution < -0.4 is 0 Å². The lowest BCUT2D eigenvalue weighted by atomic mass is 9.32. The third-order valence-electron chi connectivity index (χ3n) is 37.8. The average Bonchev–Trinajstić information content (AvgIpc) is 0.898. The summed E-state index contributed by atoms with van der Waals surface area (Å²) in [4.78, 5) is 50.7. The predicted octanol–water partition coefficient (Wildman–Crippen LogP) is 24.6. The fourth-order valence-corrected chi connectivity index (χ4v) is 31.7. The summed E-state index contributed by atoms with van der Waals surface area (Å²) >= 11 is 0. The molecule has 2 aromatic rings. The quantitative estimate of drug-likeness (QED) is 0.305. The second kappa shape index (κ2) is 27.6. The molecule has 0 spiro atoms. The lowest BCUT2D eigenvalue weighted by molar-refractivity contribution is -0.236. The van der Waals surface area contributed by atoms with Crippen molar-refractivity contribution < 1.29 is 19.2 Å². The fraction of sp³-hybridized carbons (Fsp3) is 0.835. The van der Waals surface area contributed by atoms with Gasteiger partial charge in [0.05, 0.1) is 0 Å². The first kappa shape index (κ1) is 75.9. The normalized spacial score (nSPS) is 46.2. The molecule has 5 nitrogen and oxygen atoms in total. The van der Waals surface area contributed by atoms with Crippen LogP contribution in [-0.2, 0) is 37.4 Å². The first-order valence-corrected chi connectivity index (χ1v) is 44.0. The van der Waals surface area contributed by atoms with Crippen molar-refractivity contribution >= 4 is 23.1 Å². The van der Waals surface area contributed by atoms with Crippen LogP contribution in [0.15, 0.2) is 48.5 Å². The van der Waals surface area contributed by atoms with Gasteiger partial charge in [-0.25, -0.2) is 0 Å². The predicted molar refractivity (Wildman–Crippen MR) is 422 cm³/mol. The summed E-state index contributed by atoms with van der Waals surface area (Å²) in [7, 11) is 2.34. The number of ketones is 4. The van der Waals surface area contributed by atoms with Gasteiger partial charge in [0.2, 0.25) is 0 Å². The molecule has 3 unspecified atom stereocenters. The topological polar surface area (TPSA) is 71.5 Å². The van der Waals surface area contributed by atoms with Crippen molar-refractivity contribution in [3.05, 3.63) is 70.8 Å². The van der Waals surface area contributed by atoms with Crippen LogP contribution in [0.4, 0.5) is 0 Å². The zero-order chi connectivity index (χ0) is 72.8. The van der Waals surface area contributed by atoms with Crippen molar-refractivity contribution in [1.82, 2.24) is 4.90 Å². The van der Waals surface area contributed by atoms with Crippen LogP contribution in [0.1, 0.15) is 357 Å². The Kier molecular flexibility index (Phi) is 20.5. The van der Waals surface area contributed by atoms with Gasteiger partial charge in [0, 0.05) is 54.4 Å². The van der Waals surface area contributed by atoms with Crippen LogP contribution >= 0.6 is 0 Å². The molecular formula is C97H149NO4. The molecule has 1 aliphatic heterocycles. The van der Waals surface area contributed by atoms with E-state index in [1.165, 1.54) is 167 Å². The second-order valence-electron chi connectivity index (χ2n) is 44.0. The molecule has 566 valence electrons. The van der Waals surface area contributed by atoms with Gasteiger partial charge < -0.3 is 9.69 Å². The molecule has 13 saturated carbocycles. The monoisotopic (exact) mass is 1390 g/mol. The van der Waals surface area contributed by atoms with Crippen LogP contribution in [0.3, 0.4) is 0 Å². The Bertz CT molecular complexity index is 3420. The Morgan fingerprint density at radius 3 is 1.91 bits per heavy atom. The number of carbonyl (C=O) groups is 4. The molecule has 102 heavy (non-hydrogen) atoms. The lowest BCUT2D eigenvalue weighted by Crippen LogP contribution is -2.65. The van der Waals surface area contributed by atoms with E-state index in [0.717, 1.165) is 123 Å². The number of fused-ring (bicyclic) bond motifs is 16. The smallest absolute Gasteiger partial charge is 0.139 e. The third kappa shape index (κ3) is 12.8. The second-order valence-corrected chi connectivity index (χ2v) is 44.0. The first-order chi connectivity index (χ1) is 48.1. The minimum atomic E-state index is 0.0213. The summed E-state index contributed by atoms with van der Waals surface area (Å²) in [6, 6.07) is 19.1. The van der Waals surface area contributed by atoms with Crippen LogP contribution in [0.25, 0.3) is 0 Å². The number of hydrogen-bond donors (Lipinski definition) is 0. The molecule has 0 radical (unpaired) electrons. The number of rotatable bonds is 4. The third-order valence-corrected chi connectivity index (χ3v) is 37.8. The summed E-state index contributed by atoms with van der Waals surface area (Å²) in [5.41, 5.74) is 11.6. The first-order valence-electron chi connectivity index (χ1n) is 44.0. The molecular weight excluding hydrogens is 1240 g/mol. The number of carbonyl (C=O) groups excluding carboxylic acids is 4. The van der Waals surface area contributed by atoms with Gasteiger partial charge in [0.25, 0.3) is 0 Å². The minimum Gasteiger partial charge on any atom is -0.303 e. The molecule has 15 aliphatic carbocycles. The Morgan fingerprint density at radius 2 is 1.19 bits per heavy atom. The van der Waals surface area contributed by atoms with Crippen molar-refractivity contribution in [3.8, 4) is 0 Å². The summed E-state index contributed by atoms with van der Waals surface area (Å²) < 4.78 is 0. The molecule has 0 N–H and O–H groups in total. The van der Waals surface area contributed by atoms with E-state index in [1.807, 2.05) is 0 Å². The highest BCUT2D eigenvalue weighted by Crippen LogP contribution is 2.78. The van der Waals surface area contributed by atoms with E-state index in [0.29, 0.717) is 96.2 Å². The van der Waals surface area contributed by atoms with E-state index in [-0.39, 0.29) is 22.5 Å². The van der Waals surface area contributed by atoms with Crippen molar-refractivity contribution in [2.24, 2.45) is 137 Å². The van der Waals surface area contributed by atoms with Gasteiger partial charge in [-0.2, -0.15) is 0 Å². The number of piperidine rings is 1. The highest BCUT2D eigenvalue weighted by molar-refractivity contribution is 5.87. The van der Waals surface area contributed by atoms with Gasteiger partial charge in [0.15, 0.2) is 0 Å². The number of benzene rings is 2. The van der Waals surface area contributed by atoms with Gasteiger partial charge in [-0.05, 0) is 348 Å². The SMILES string of the molecule is CC(=O)CC[C@H]1C(=O)CCC2C(C)(C)CCC[C@@]21C.CC(C)[C@@H]1CC[C@]2(C)CC[C@]3(C)C(CC[C@@H]4[C@@]5(C)CCCC(C)(C)[C@@H]5CC[C@]43C)[C@@H]12.CC1(C)CC2C(=O)CC[C@H]3C[C@]3(C)CC[C@H]21.CN1CC[C@]23CCCC[C@H]2[C@H]1Cc1ccccc13.C[C@]12CC[C@@H]3c4ccccc4CC[C@H]3[C@@H]1CCC2=O. The number of likely N-dealkylation sites (tertiary alicyclic amines) is 1. The van der Waals surface area contributed by atoms with Gasteiger partial charge in [-0.15, -0.1) is 0 Å². The van der Waals surface area contributed by atoms with Crippen LogP contribution in [0.2, 0.25) is 0 Å². The van der Waals surface area contributed by atoms with Crippen LogP contribution in [0.5, 0.6) is 0 Å². The maximum Gasteiger partial charge on any atom is 0.139 e. The van der Waals surface area contributed by atoms with E-state index in [1.54, 1.807) is 35.6 Å². The van der Waals surface area contributed by atoms with Crippen molar-refractivity contribution in [2.45, 2.75) is 359 Å². The Labute approximate surface area is 624 Å².